The molecule has 2 atom stereocenters. The third-order valence-electron chi connectivity index (χ3n) is 5.96. The second-order valence-corrected chi connectivity index (χ2v) is 7.86. The number of aromatic nitrogens is 6. The van der Waals surface area contributed by atoms with E-state index in [4.69, 9.17) is 9.47 Å². The number of ether oxygens (including phenoxy) is 2. The highest BCUT2D eigenvalue weighted by atomic mass is 19.1. The molecular formula is C20H21FN8O2. The van der Waals surface area contributed by atoms with Gasteiger partial charge >= 0.3 is 0 Å². The smallest absolute Gasteiger partial charge is 0.244 e. The molecule has 4 aromatic heterocycles. The van der Waals surface area contributed by atoms with Crippen LogP contribution in [0.2, 0.25) is 0 Å². The standard InChI is InChI=1S/C20H21FN8O2/c1-30-18-17-14(12-6-23-20-22-3-5-27(20)7-12)2-4-29(17)26-19(25-18)24-16-9-28(8-15(16)21)13-10-31-11-13/h2-7,13,15-16H,8-11H2,1H3,(H,24,26)/t15-,16+/m0/s1. The number of nitrogens with one attached hydrogen (secondary N) is 1. The number of halogens is 1. The first-order valence-electron chi connectivity index (χ1n) is 10.1. The Labute approximate surface area is 176 Å². The minimum absolute atomic E-state index is 0.302. The van der Waals surface area contributed by atoms with Crippen molar-refractivity contribution in [1.29, 1.82) is 0 Å². The third-order valence-corrected chi connectivity index (χ3v) is 5.96. The zero-order chi connectivity index (χ0) is 20.9. The van der Waals surface area contributed by atoms with Crippen LogP contribution in [-0.4, -0.2) is 85.5 Å². The molecule has 2 aliphatic rings. The molecule has 2 saturated heterocycles. The van der Waals surface area contributed by atoms with Crippen molar-refractivity contribution in [3.63, 3.8) is 0 Å². The predicted molar refractivity (Wildman–Crippen MR) is 110 cm³/mol. The fourth-order valence-electron chi connectivity index (χ4n) is 4.21. The van der Waals surface area contributed by atoms with Crippen molar-refractivity contribution in [2.24, 2.45) is 0 Å². The Balaban J connectivity index is 1.32. The fraction of sp³-hybridized carbons (Fsp3) is 0.400. The number of hydrogen-bond acceptors (Lipinski definition) is 8. The van der Waals surface area contributed by atoms with Crippen LogP contribution in [0.25, 0.3) is 22.4 Å². The average Bonchev–Trinajstić information content (AvgIpc) is 3.44. The molecule has 0 saturated carbocycles. The minimum atomic E-state index is -1.00. The molecule has 4 aromatic rings. The first kappa shape index (κ1) is 18.5. The molecular weight excluding hydrogens is 403 g/mol. The molecule has 0 unspecified atom stereocenters. The maximum Gasteiger partial charge on any atom is 0.244 e. The Morgan fingerprint density at radius 2 is 2.13 bits per heavy atom. The molecule has 31 heavy (non-hydrogen) atoms. The summed E-state index contributed by atoms with van der Waals surface area (Å²) in [4.78, 5) is 15.2. The van der Waals surface area contributed by atoms with E-state index < -0.39 is 6.17 Å². The molecule has 1 N–H and O–H groups in total. The van der Waals surface area contributed by atoms with Gasteiger partial charge in [0.1, 0.15) is 11.7 Å². The molecule has 0 aromatic carbocycles. The number of nitrogens with zero attached hydrogens (tertiary/aromatic N) is 7. The summed E-state index contributed by atoms with van der Waals surface area (Å²) in [5.74, 6) is 1.36. The van der Waals surface area contributed by atoms with Gasteiger partial charge in [-0.3, -0.25) is 9.30 Å². The van der Waals surface area contributed by atoms with Crippen LogP contribution < -0.4 is 10.1 Å². The molecule has 2 aliphatic heterocycles. The van der Waals surface area contributed by atoms with Crippen LogP contribution in [0, 0.1) is 0 Å². The minimum Gasteiger partial charge on any atom is -0.479 e. The lowest BCUT2D eigenvalue weighted by molar-refractivity contribution is -0.0585. The van der Waals surface area contributed by atoms with Gasteiger partial charge in [0, 0.05) is 55.2 Å². The Hall–Kier alpha value is -3.31. The quantitative estimate of drug-likeness (QED) is 0.512. The first-order valence-corrected chi connectivity index (χ1v) is 10.1. The molecule has 10 nitrogen and oxygen atoms in total. The van der Waals surface area contributed by atoms with Crippen LogP contribution >= 0.6 is 0 Å². The summed E-state index contributed by atoms with van der Waals surface area (Å²) < 4.78 is 29.0. The van der Waals surface area contributed by atoms with E-state index in [0.29, 0.717) is 55.5 Å². The topological polar surface area (TPSA) is 94.1 Å². The molecule has 0 aliphatic carbocycles. The van der Waals surface area contributed by atoms with Gasteiger partial charge in [-0.1, -0.05) is 0 Å². The van der Waals surface area contributed by atoms with Gasteiger partial charge in [-0.2, -0.15) is 4.98 Å². The van der Waals surface area contributed by atoms with E-state index in [1.54, 1.807) is 24.0 Å². The van der Waals surface area contributed by atoms with Crippen LogP contribution in [0.3, 0.4) is 0 Å². The highest BCUT2D eigenvalue weighted by Crippen LogP contribution is 2.31. The lowest BCUT2D eigenvalue weighted by Crippen LogP contribution is -2.48. The number of fused-ring (bicyclic) bond motifs is 2. The molecule has 160 valence electrons. The van der Waals surface area contributed by atoms with Gasteiger partial charge in [-0.05, 0) is 6.07 Å². The molecule has 0 spiro atoms. The monoisotopic (exact) mass is 424 g/mol. The summed E-state index contributed by atoms with van der Waals surface area (Å²) in [6.07, 6.45) is 8.08. The molecule has 0 bridgehead atoms. The largest absolute Gasteiger partial charge is 0.479 e. The molecule has 6 heterocycles. The van der Waals surface area contributed by atoms with E-state index in [0.717, 1.165) is 11.1 Å². The fourth-order valence-corrected chi connectivity index (χ4v) is 4.21. The Kier molecular flexibility index (Phi) is 4.25. The van der Waals surface area contributed by atoms with E-state index in [1.165, 1.54) is 0 Å². The number of rotatable bonds is 5. The van der Waals surface area contributed by atoms with Crippen molar-refractivity contribution in [2.75, 3.05) is 38.7 Å². The molecule has 0 amide bonds. The van der Waals surface area contributed by atoms with Crippen LogP contribution in [0.5, 0.6) is 5.88 Å². The van der Waals surface area contributed by atoms with Crippen LogP contribution in [0.15, 0.2) is 37.1 Å². The van der Waals surface area contributed by atoms with Gasteiger partial charge in [0.05, 0.1) is 32.4 Å². The number of imidazole rings is 1. The molecule has 0 radical (unpaired) electrons. The van der Waals surface area contributed by atoms with Gasteiger partial charge < -0.3 is 14.8 Å². The Bertz CT molecular complexity index is 1250. The van der Waals surface area contributed by atoms with E-state index >= 15 is 0 Å². The van der Waals surface area contributed by atoms with E-state index in [9.17, 15) is 4.39 Å². The number of hydrogen-bond donors (Lipinski definition) is 1. The van der Waals surface area contributed by atoms with E-state index in [1.807, 2.05) is 29.1 Å². The summed E-state index contributed by atoms with van der Waals surface area (Å²) in [5, 5.41) is 7.70. The second kappa shape index (κ2) is 7.13. The van der Waals surface area contributed by atoms with E-state index in [2.05, 4.69) is 30.3 Å². The van der Waals surface area contributed by atoms with Gasteiger partial charge in [0.2, 0.25) is 17.6 Å². The van der Waals surface area contributed by atoms with Gasteiger partial charge in [-0.15, -0.1) is 5.10 Å². The SMILES string of the molecule is COc1nc(N[C@@H]2CN(C3COC3)C[C@@H]2F)nn2ccc(-c3cnc4nccn4c3)c12. The van der Waals surface area contributed by atoms with Crippen LogP contribution in [0.4, 0.5) is 10.3 Å². The Morgan fingerprint density at radius 1 is 1.23 bits per heavy atom. The zero-order valence-electron chi connectivity index (χ0n) is 16.8. The number of likely N-dealkylation sites (tertiary alicyclic amines) is 1. The zero-order valence-corrected chi connectivity index (χ0v) is 16.8. The molecule has 2 fully saturated rings. The first-order chi connectivity index (χ1) is 15.2. The van der Waals surface area contributed by atoms with Crippen LogP contribution in [-0.2, 0) is 4.74 Å². The maximum absolute atomic E-state index is 14.6. The maximum atomic E-state index is 14.6. The van der Waals surface area contributed by atoms with Crippen molar-refractivity contribution < 1.29 is 13.9 Å². The summed E-state index contributed by atoms with van der Waals surface area (Å²) in [7, 11) is 1.56. The molecule has 6 rings (SSSR count). The summed E-state index contributed by atoms with van der Waals surface area (Å²) >= 11 is 0. The van der Waals surface area contributed by atoms with Crippen LogP contribution in [0.1, 0.15) is 0 Å². The highest BCUT2D eigenvalue weighted by Gasteiger charge is 2.39. The van der Waals surface area contributed by atoms with Gasteiger partial charge in [0.15, 0.2) is 0 Å². The van der Waals surface area contributed by atoms with Gasteiger partial charge in [-0.25, -0.2) is 18.9 Å². The normalized spacial score (nSPS) is 22.3. The van der Waals surface area contributed by atoms with E-state index in [-0.39, 0.29) is 6.04 Å². The van der Waals surface area contributed by atoms with Gasteiger partial charge in [0.25, 0.3) is 0 Å². The summed E-state index contributed by atoms with van der Waals surface area (Å²) in [5.41, 5.74) is 2.48. The second-order valence-electron chi connectivity index (χ2n) is 7.86. The predicted octanol–water partition coefficient (Wildman–Crippen LogP) is 1.28. The average molecular weight is 424 g/mol. The Morgan fingerprint density at radius 3 is 2.94 bits per heavy atom. The number of methoxy groups -OCH3 is 1. The number of anilines is 1. The lowest BCUT2D eigenvalue weighted by Gasteiger charge is -2.34. The number of alkyl halides is 1. The van der Waals surface area contributed by atoms with Crippen molar-refractivity contribution >= 4 is 17.2 Å². The summed E-state index contributed by atoms with van der Waals surface area (Å²) in [6.45, 7) is 2.32. The highest BCUT2D eigenvalue weighted by molar-refractivity contribution is 5.84. The van der Waals surface area contributed by atoms with Crippen molar-refractivity contribution in [1.82, 2.24) is 33.9 Å². The van der Waals surface area contributed by atoms with Crippen molar-refractivity contribution in [3.05, 3.63) is 37.1 Å². The third kappa shape index (κ3) is 3.08. The molecule has 11 heteroatoms. The van der Waals surface area contributed by atoms with Crippen molar-refractivity contribution in [3.8, 4) is 17.0 Å². The van der Waals surface area contributed by atoms with Crippen molar-refractivity contribution in [2.45, 2.75) is 18.3 Å². The summed E-state index contributed by atoms with van der Waals surface area (Å²) in [6, 6.07) is 1.85. The lowest BCUT2D eigenvalue weighted by atomic mass is 10.1.